The van der Waals surface area contributed by atoms with E-state index in [1.807, 2.05) is 0 Å². The van der Waals surface area contributed by atoms with Gasteiger partial charge in [-0.2, -0.15) is 0 Å². The van der Waals surface area contributed by atoms with Crippen LogP contribution in [0.15, 0.2) is 84.9 Å². The number of benzene rings is 3. The summed E-state index contributed by atoms with van der Waals surface area (Å²) in [7, 11) is 0. The first-order valence-corrected chi connectivity index (χ1v) is 11.1. The molecule has 5 rings (SSSR count). The van der Waals surface area contributed by atoms with Gasteiger partial charge in [0.25, 0.3) is 0 Å². The van der Waals surface area contributed by atoms with Crippen LogP contribution in [0.4, 0.5) is 0 Å². The molecule has 2 unspecified atom stereocenters. The predicted octanol–water partition coefficient (Wildman–Crippen LogP) is 7.48. The normalized spacial score (nSPS) is 23.7. The number of hydrogen-bond donors (Lipinski definition) is 0. The first-order valence-electron chi connectivity index (χ1n) is 11.1. The molecule has 0 bridgehead atoms. The Morgan fingerprint density at radius 1 is 0.536 bits per heavy atom. The fourth-order valence-corrected chi connectivity index (χ4v) is 6.24. The molecule has 0 radical (unpaired) electrons. The third-order valence-electron chi connectivity index (χ3n) is 7.32. The summed E-state index contributed by atoms with van der Waals surface area (Å²) in [6, 6.07) is 32.1. The Bertz CT molecular complexity index is 870. The van der Waals surface area contributed by atoms with E-state index in [0.29, 0.717) is 11.8 Å². The molecular formula is C28H30. The van der Waals surface area contributed by atoms with Crippen molar-refractivity contribution in [2.24, 2.45) is 5.92 Å². The zero-order valence-corrected chi connectivity index (χ0v) is 16.7. The van der Waals surface area contributed by atoms with Gasteiger partial charge in [0.1, 0.15) is 0 Å². The minimum Gasteiger partial charge on any atom is -0.0622 e. The third-order valence-corrected chi connectivity index (χ3v) is 7.32. The highest BCUT2D eigenvalue weighted by atomic mass is 14.5. The van der Waals surface area contributed by atoms with Gasteiger partial charge in [0.2, 0.25) is 0 Å². The van der Waals surface area contributed by atoms with Gasteiger partial charge in [0, 0.05) is 5.41 Å². The average molecular weight is 367 g/mol. The van der Waals surface area contributed by atoms with Crippen molar-refractivity contribution in [1.82, 2.24) is 0 Å². The predicted molar refractivity (Wildman–Crippen MR) is 118 cm³/mol. The van der Waals surface area contributed by atoms with E-state index in [-0.39, 0.29) is 5.41 Å². The van der Waals surface area contributed by atoms with Crippen LogP contribution < -0.4 is 0 Å². The smallest absolute Gasteiger partial charge is 0.0488 e. The highest BCUT2D eigenvalue weighted by molar-refractivity contribution is 5.59. The van der Waals surface area contributed by atoms with Crippen molar-refractivity contribution in [2.45, 2.75) is 56.3 Å². The van der Waals surface area contributed by atoms with E-state index in [9.17, 15) is 0 Å². The molecule has 28 heavy (non-hydrogen) atoms. The van der Waals surface area contributed by atoms with Crippen molar-refractivity contribution < 1.29 is 0 Å². The molecule has 2 aliphatic rings. The quantitative estimate of drug-likeness (QED) is 0.441. The summed E-state index contributed by atoms with van der Waals surface area (Å²) in [6.07, 6.45) is 9.58. The second-order valence-electron chi connectivity index (χ2n) is 8.69. The Morgan fingerprint density at radius 2 is 1.07 bits per heavy atom. The lowest BCUT2D eigenvalue weighted by atomic mass is 9.62. The van der Waals surface area contributed by atoms with E-state index in [0.717, 1.165) is 0 Å². The number of hydrogen-bond acceptors (Lipinski definition) is 0. The first-order chi connectivity index (χ1) is 13.9. The van der Waals surface area contributed by atoms with E-state index in [1.165, 1.54) is 56.1 Å². The van der Waals surface area contributed by atoms with Crippen molar-refractivity contribution in [1.29, 1.82) is 0 Å². The Labute approximate surface area is 169 Å². The largest absolute Gasteiger partial charge is 0.0622 e. The second kappa shape index (κ2) is 7.59. The maximum atomic E-state index is 2.43. The molecule has 0 aliphatic heterocycles. The monoisotopic (exact) mass is 366 g/mol. The van der Waals surface area contributed by atoms with Crippen molar-refractivity contribution in [2.75, 3.05) is 0 Å². The van der Waals surface area contributed by atoms with Gasteiger partial charge in [-0.15, -0.1) is 0 Å². The summed E-state index contributed by atoms with van der Waals surface area (Å²) in [6.45, 7) is 0. The summed E-state index contributed by atoms with van der Waals surface area (Å²) >= 11 is 0. The second-order valence-corrected chi connectivity index (χ2v) is 8.69. The maximum absolute atomic E-state index is 2.43. The maximum Gasteiger partial charge on any atom is 0.0488 e. The first kappa shape index (κ1) is 17.7. The molecule has 0 heteroatoms. The summed E-state index contributed by atoms with van der Waals surface area (Å²) < 4.78 is 0. The molecule has 142 valence electrons. The number of rotatable bonds is 2. The molecule has 1 saturated carbocycles. The average Bonchev–Trinajstić information content (AvgIpc) is 3.10. The van der Waals surface area contributed by atoms with Crippen LogP contribution in [0, 0.1) is 5.92 Å². The van der Waals surface area contributed by atoms with Gasteiger partial charge in [-0.25, -0.2) is 0 Å². The molecule has 0 spiro atoms. The third kappa shape index (κ3) is 2.73. The topological polar surface area (TPSA) is 0 Å². The summed E-state index contributed by atoms with van der Waals surface area (Å²) in [4.78, 5) is 0. The molecule has 0 aromatic heterocycles. The molecule has 3 aromatic rings. The molecule has 0 heterocycles. The lowest BCUT2D eigenvalue weighted by Gasteiger charge is -2.40. The standard InChI is InChI=1S/C28H30/c1-2-10-18-24-25-19-12-13-21-27(25)28(26(24)20-11-3-1,22-14-6-4-7-15-22)23-16-8-5-9-17-23/h4-9,12-17,19,21,24,26H,1-3,10-11,18,20H2. The fourth-order valence-electron chi connectivity index (χ4n) is 6.24. The Hall–Kier alpha value is -2.34. The molecule has 0 saturated heterocycles. The lowest BCUT2D eigenvalue weighted by molar-refractivity contribution is 0.309. The lowest BCUT2D eigenvalue weighted by Crippen LogP contribution is -2.35. The van der Waals surface area contributed by atoms with Crippen LogP contribution in [0.2, 0.25) is 0 Å². The van der Waals surface area contributed by atoms with Crippen molar-refractivity contribution in [3.63, 3.8) is 0 Å². The molecule has 1 fully saturated rings. The molecule has 2 atom stereocenters. The molecular weight excluding hydrogens is 336 g/mol. The van der Waals surface area contributed by atoms with Gasteiger partial charge < -0.3 is 0 Å². The Morgan fingerprint density at radius 3 is 1.75 bits per heavy atom. The van der Waals surface area contributed by atoms with Crippen molar-refractivity contribution in [3.05, 3.63) is 107 Å². The Balaban J connectivity index is 1.80. The van der Waals surface area contributed by atoms with E-state index < -0.39 is 0 Å². The van der Waals surface area contributed by atoms with Crippen LogP contribution in [0.3, 0.4) is 0 Å². The molecule has 2 aliphatic carbocycles. The van der Waals surface area contributed by atoms with Crippen LogP contribution in [0.1, 0.15) is 73.1 Å². The van der Waals surface area contributed by atoms with Gasteiger partial charge in [-0.3, -0.25) is 0 Å². The molecule has 0 N–H and O–H groups in total. The minimum atomic E-state index is -0.0197. The fraction of sp³-hybridized carbons (Fsp3) is 0.357. The van der Waals surface area contributed by atoms with E-state index in [2.05, 4.69) is 84.9 Å². The van der Waals surface area contributed by atoms with Crippen LogP contribution in [0.25, 0.3) is 0 Å². The zero-order chi connectivity index (χ0) is 18.8. The van der Waals surface area contributed by atoms with Gasteiger partial charge in [0.15, 0.2) is 0 Å². The Kier molecular flexibility index (Phi) is 4.81. The van der Waals surface area contributed by atoms with Crippen LogP contribution >= 0.6 is 0 Å². The summed E-state index contributed by atoms with van der Waals surface area (Å²) in [5.41, 5.74) is 6.10. The molecule has 3 aromatic carbocycles. The molecule has 0 amide bonds. The SMILES string of the molecule is c1ccc(C2(c3ccccc3)c3ccccc3C3CCCCCCCC32)cc1. The van der Waals surface area contributed by atoms with Crippen LogP contribution in [0.5, 0.6) is 0 Å². The van der Waals surface area contributed by atoms with Gasteiger partial charge in [-0.05, 0) is 46.9 Å². The van der Waals surface area contributed by atoms with Gasteiger partial charge in [-0.1, -0.05) is 117 Å². The van der Waals surface area contributed by atoms with Gasteiger partial charge >= 0.3 is 0 Å². The highest BCUT2D eigenvalue weighted by Crippen LogP contribution is 2.60. The minimum absolute atomic E-state index is 0.0197. The molecule has 0 nitrogen and oxygen atoms in total. The van der Waals surface area contributed by atoms with Crippen molar-refractivity contribution in [3.8, 4) is 0 Å². The van der Waals surface area contributed by atoms with E-state index in [1.54, 1.807) is 11.1 Å². The van der Waals surface area contributed by atoms with E-state index >= 15 is 0 Å². The van der Waals surface area contributed by atoms with Gasteiger partial charge in [0.05, 0.1) is 0 Å². The summed E-state index contributed by atoms with van der Waals surface area (Å²) in [5.74, 6) is 1.32. The highest BCUT2D eigenvalue weighted by Gasteiger charge is 2.53. The van der Waals surface area contributed by atoms with Crippen LogP contribution in [-0.2, 0) is 5.41 Å². The number of fused-ring (bicyclic) bond motifs is 3. The zero-order valence-electron chi connectivity index (χ0n) is 16.7. The van der Waals surface area contributed by atoms with Crippen molar-refractivity contribution >= 4 is 0 Å². The summed E-state index contributed by atoms with van der Waals surface area (Å²) in [5, 5.41) is 0. The van der Waals surface area contributed by atoms with Crippen LogP contribution in [-0.4, -0.2) is 0 Å². The van der Waals surface area contributed by atoms with E-state index in [4.69, 9.17) is 0 Å².